The molecular formula is C21H17N2O+. The normalized spacial score (nSPS) is 14.0. The Balaban J connectivity index is 2.11. The highest BCUT2D eigenvalue weighted by atomic mass is 16.3. The predicted octanol–water partition coefficient (Wildman–Crippen LogP) is 4.57. The van der Waals surface area contributed by atoms with Crippen LogP contribution in [0.5, 0.6) is 0 Å². The fourth-order valence-corrected chi connectivity index (χ4v) is 3.09. The number of nitriles is 1. The molecule has 4 aromatic rings. The maximum atomic E-state index is 9.20. The third-order valence-corrected chi connectivity index (χ3v) is 4.30. The first-order chi connectivity index (χ1) is 13.2. The Morgan fingerprint density at radius 1 is 1.17 bits per heavy atom. The standard InChI is InChI=1S/C21H17N2O/c1-13-8-9-23(3)18(10-13)20-14(2)4-6-16-17-11-15(12-22)5-7-19(17)24-21(16)20/h4-11H,1-3H3/q+1/i1D3,9D. The molecule has 0 fully saturated rings. The zero-order valence-electron chi connectivity index (χ0n) is 17.3. The molecule has 0 unspecified atom stereocenters. The fraction of sp³-hybridized carbons (Fsp3) is 0.143. The van der Waals surface area contributed by atoms with Gasteiger partial charge in [0.05, 0.1) is 17.2 Å². The molecule has 4 rings (SSSR count). The molecule has 0 aliphatic carbocycles. The Morgan fingerprint density at radius 2 is 2.04 bits per heavy atom. The van der Waals surface area contributed by atoms with Crippen LogP contribution in [0.4, 0.5) is 0 Å². The van der Waals surface area contributed by atoms with Gasteiger partial charge in [0.1, 0.15) is 19.6 Å². The van der Waals surface area contributed by atoms with Crippen molar-refractivity contribution in [1.29, 1.82) is 5.26 Å². The topological polar surface area (TPSA) is 40.8 Å². The van der Waals surface area contributed by atoms with Crippen LogP contribution in [0.2, 0.25) is 0 Å². The van der Waals surface area contributed by atoms with Crippen molar-refractivity contribution in [3.05, 3.63) is 65.3 Å². The van der Waals surface area contributed by atoms with E-state index in [1.54, 1.807) is 35.9 Å². The summed E-state index contributed by atoms with van der Waals surface area (Å²) in [5.41, 5.74) is 4.18. The lowest BCUT2D eigenvalue weighted by Crippen LogP contribution is -2.30. The van der Waals surface area contributed by atoms with Crippen LogP contribution in [0.3, 0.4) is 0 Å². The van der Waals surface area contributed by atoms with Gasteiger partial charge in [0.2, 0.25) is 5.69 Å². The number of nitrogens with zero attached hydrogens (tertiary/aromatic N) is 2. The van der Waals surface area contributed by atoms with Crippen molar-refractivity contribution in [2.75, 3.05) is 0 Å². The Kier molecular flexibility index (Phi) is 2.30. The number of furan rings is 1. The summed E-state index contributed by atoms with van der Waals surface area (Å²) in [6.07, 6.45) is 0.0999. The molecule has 2 heterocycles. The molecule has 0 amide bonds. The van der Waals surface area contributed by atoms with Crippen LogP contribution >= 0.6 is 0 Å². The predicted molar refractivity (Wildman–Crippen MR) is 94.5 cm³/mol. The second-order valence-corrected chi connectivity index (χ2v) is 5.88. The van der Waals surface area contributed by atoms with Crippen molar-refractivity contribution in [3.8, 4) is 17.3 Å². The first-order valence-electron chi connectivity index (χ1n) is 9.58. The third-order valence-electron chi connectivity index (χ3n) is 4.30. The molecule has 2 aromatic heterocycles. The van der Waals surface area contributed by atoms with Crippen molar-refractivity contribution in [2.24, 2.45) is 7.05 Å². The molecular weight excluding hydrogens is 296 g/mol. The molecule has 3 heteroatoms. The first kappa shape index (κ1) is 10.6. The van der Waals surface area contributed by atoms with E-state index in [1.807, 2.05) is 19.1 Å². The van der Waals surface area contributed by atoms with Crippen molar-refractivity contribution < 1.29 is 14.5 Å². The molecule has 0 bridgehead atoms. The van der Waals surface area contributed by atoms with Crippen LogP contribution in [-0.4, -0.2) is 0 Å². The molecule has 3 nitrogen and oxygen atoms in total. The molecule has 0 radical (unpaired) electrons. The lowest BCUT2D eigenvalue weighted by molar-refractivity contribution is -0.660. The van der Waals surface area contributed by atoms with Crippen LogP contribution in [0.1, 0.15) is 22.2 Å². The summed E-state index contributed by atoms with van der Waals surface area (Å²) >= 11 is 0. The minimum absolute atomic E-state index is 0.0999. The summed E-state index contributed by atoms with van der Waals surface area (Å²) in [6.45, 7) is -0.384. The third kappa shape index (κ3) is 2.08. The van der Waals surface area contributed by atoms with Crippen LogP contribution in [-0.2, 0) is 7.05 Å². The summed E-state index contributed by atoms with van der Waals surface area (Å²) in [7, 11) is 1.73. The number of benzene rings is 2. The van der Waals surface area contributed by atoms with Gasteiger partial charge >= 0.3 is 0 Å². The van der Waals surface area contributed by atoms with Crippen molar-refractivity contribution in [1.82, 2.24) is 0 Å². The second kappa shape index (κ2) is 5.21. The average molecular weight is 317 g/mol. The molecule has 0 saturated carbocycles. The maximum Gasteiger partial charge on any atom is 0.216 e. The highest BCUT2D eigenvalue weighted by molar-refractivity contribution is 6.10. The van der Waals surface area contributed by atoms with Gasteiger partial charge in [0.25, 0.3) is 0 Å². The van der Waals surface area contributed by atoms with E-state index in [4.69, 9.17) is 9.90 Å². The van der Waals surface area contributed by atoms with Crippen molar-refractivity contribution in [2.45, 2.75) is 13.8 Å². The smallest absolute Gasteiger partial charge is 0.216 e. The molecule has 0 aliphatic heterocycles. The molecule has 2 aromatic carbocycles. The molecule has 116 valence electrons. The van der Waals surface area contributed by atoms with Gasteiger partial charge < -0.3 is 4.42 Å². The zero-order chi connectivity index (χ0) is 20.2. The number of rotatable bonds is 1. The molecule has 0 aliphatic rings. The van der Waals surface area contributed by atoms with Gasteiger partial charge in [-0.15, -0.1) is 0 Å². The van der Waals surface area contributed by atoms with Gasteiger partial charge in [0.15, 0.2) is 6.17 Å². The van der Waals surface area contributed by atoms with Gasteiger partial charge in [-0.05, 0) is 43.1 Å². The van der Waals surface area contributed by atoms with Crippen LogP contribution in [0.15, 0.2) is 53.1 Å². The molecule has 0 atom stereocenters. The van der Waals surface area contributed by atoms with Gasteiger partial charge in [-0.25, -0.2) is 4.57 Å². The quantitative estimate of drug-likeness (QED) is 0.483. The van der Waals surface area contributed by atoms with E-state index in [2.05, 4.69) is 6.07 Å². The minimum Gasteiger partial charge on any atom is -0.455 e. The number of fused-ring (bicyclic) bond motifs is 3. The number of pyridine rings is 1. The maximum absolute atomic E-state index is 9.20. The molecule has 24 heavy (non-hydrogen) atoms. The summed E-state index contributed by atoms with van der Waals surface area (Å²) < 4.78 is 39.2. The molecule has 0 saturated heterocycles. The van der Waals surface area contributed by atoms with E-state index < -0.39 is 6.85 Å². The number of aryl methyl sites for hydroxylation is 2. The minimum atomic E-state index is -2.31. The summed E-state index contributed by atoms with van der Waals surface area (Å²) in [5, 5.41) is 10.9. The van der Waals surface area contributed by atoms with E-state index in [9.17, 15) is 5.26 Å². The Bertz CT molecular complexity index is 1300. The number of hydrogen-bond donors (Lipinski definition) is 0. The van der Waals surface area contributed by atoms with Gasteiger partial charge in [0, 0.05) is 27.0 Å². The van der Waals surface area contributed by atoms with Gasteiger partial charge in [-0.3, -0.25) is 0 Å². The highest BCUT2D eigenvalue weighted by Gasteiger charge is 2.20. The average Bonchev–Trinajstić information content (AvgIpc) is 3.00. The molecule has 0 spiro atoms. The summed E-state index contributed by atoms with van der Waals surface area (Å²) in [6, 6.07) is 14.2. The van der Waals surface area contributed by atoms with Crippen molar-refractivity contribution >= 4 is 21.9 Å². The lowest BCUT2D eigenvalue weighted by atomic mass is 9.99. The Hall–Kier alpha value is -3.12. The highest BCUT2D eigenvalue weighted by Crippen LogP contribution is 2.37. The largest absolute Gasteiger partial charge is 0.455 e. The van der Waals surface area contributed by atoms with Gasteiger partial charge in [-0.2, -0.15) is 5.26 Å². The fourth-order valence-electron chi connectivity index (χ4n) is 3.09. The summed E-state index contributed by atoms with van der Waals surface area (Å²) in [5.74, 6) is 0. The van der Waals surface area contributed by atoms with Crippen molar-refractivity contribution in [3.63, 3.8) is 0 Å². The SMILES string of the molecule is [2H]c1cc(C([2H])([2H])[2H])cc(-c2c(C)ccc3c2oc2ccc(C#N)cc23)[n+]1C. The zero-order valence-corrected chi connectivity index (χ0v) is 13.3. The first-order valence-corrected chi connectivity index (χ1v) is 7.58. The molecule has 0 N–H and O–H groups in total. The van der Waals surface area contributed by atoms with E-state index in [1.165, 1.54) is 6.07 Å². The summed E-state index contributed by atoms with van der Waals surface area (Å²) in [4.78, 5) is 0. The lowest BCUT2D eigenvalue weighted by Gasteiger charge is -2.06. The number of hydrogen-bond acceptors (Lipinski definition) is 2. The number of aromatic nitrogens is 1. The van der Waals surface area contributed by atoms with Gasteiger partial charge in [-0.1, -0.05) is 12.1 Å². The van der Waals surface area contributed by atoms with Crippen LogP contribution in [0.25, 0.3) is 33.2 Å². The van der Waals surface area contributed by atoms with E-state index >= 15 is 0 Å². The van der Waals surface area contributed by atoms with E-state index in [0.29, 0.717) is 22.4 Å². The monoisotopic (exact) mass is 317 g/mol. The van der Waals surface area contributed by atoms with Crippen LogP contribution in [0, 0.1) is 25.1 Å². The van der Waals surface area contributed by atoms with E-state index in [0.717, 1.165) is 21.9 Å². The second-order valence-electron chi connectivity index (χ2n) is 5.88. The Morgan fingerprint density at radius 3 is 2.83 bits per heavy atom. The van der Waals surface area contributed by atoms with Crippen LogP contribution < -0.4 is 4.57 Å². The van der Waals surface area contributed by atoms with E-state index in [-0.39, 0.29) is 11.7 Å². The Labute approximate surface area is 146 Å².